The van der Waals surface area contributed by atoms with Crippen LogP contribution in [0.5, 0.6) is 5.75 Å². The van der Waals surface area contributed by atoms with Crippen LogP contribution in [0.2, 0.25) is 0 Å². The largest absolute Gasteiger partial charge is 0.524 e. The zero-order valence-corrected chi connectivity index (χ0v) is 17.8. The molecule has 136 valence electrons. The lowest BCUT2D eigenvalue weighted by Crippen LogP contribution is -1.94. The Morgan fingerprint density at radius 2 is 1.41 bits per heavy atom. The SMILES string of the molecule is O=P(O)(O)Oc1ccc2cc(Br)ccc2c1-c1cccc2cc(Br)ccc12. The highest BCUT2D eigenvalue weighted by molar-refractivity contribution is 9.10. The maximum absolute atomic E-state index is 11.5. The maximum Gasteiger partial charge on any atom is 0.524 e. The van der Waals surface area contributed by atoms with Crippen molar-refractivity contribution in [3.63, 3.8) is 0 Å². The van der Waals surface area contributed by atoms with Crippen LogP contribution in [-0.4, -0.2) is 9.79 Å². The molecule has 0 spiro atoms. The number of rotatable bonds is 3. The van der Waals surface area contributed by atoms with Crippen LogP contribution in [0.4, 0.5) is 0 Å². The summed E-state index contributed by atoms with van der Waals surface area (Å²) in [6.45, 7) is 0. The minimum Gasteiger partial charge on any atom is -0.404 e. The molecule has 0 saturated heterocycles. The molecule has 0 aromatic heterocycles. The second-order valence-corrected chi connectivity index (χ2v) is 9.05. The molecule has 4 nitrogen and oxygen atoms in total. The highest BCUT2D eigenvalue weighted by atomic mass is 79.9. The van der Waals surface area contributed by atoms with Gasteiger partial charge in [-0.25, -0.2) is 4.57 Å². The molecule has 27 heavy (non-hydrogen) atoms. The van der Waals surface area contributed by atoms with Gasteiger partial charge in [-0.1, -0.05) is 68.3 Å². The molecule has 0 bridgehead atoms. The van der Waals surface area contributed by atoms with Gasteiger partial charge in [-0.2, -0.15) is 0 Å². The third kappa shape index (κ3) is 3.82. The monoisotopic (exact) mass is 506 g/mol. The lowest BCUT2D eigenvalue weighted by atomic mass is 9.93. The van der Waals surface area contributed by atoms with E-state index in [1.807, 2.05) is 54.6 Å². The van der Waals surface area contributed by atoms with Crippen LogP contribution in [0.1, 0.15) is 0 Å². The van der Waals surface area contributed by atoms with Gasteiger partial charge in [-0.05, 0) is 57.4 Å². The van der Waals surface area contributed by atoms with E-state index in [9.17, 15) is 14.4 Å². The van der Waals surface area contributed by atoms with Crippen LogP contribution in [0.25, 0.3) is 32.7 Å². The van der Waals surface area contributed by atoms with Gasteiger partial charge in [0.2, 0.25) is 0 Å². The van der Waals surface area contributed by atoms with Crippen LogP contribution < -0.4 is 4.52 Å². The molecule has 0 saturated carbocycles. The number of benzene rings is 4. The van der Waals surface area contributed by atoms with E-state index in [1.54, 1.807) is 12.1 Å². The molecule has 0 heterocycles. The second kappa shape index (κ2) is 7.04. The average Bonchev–Trinajstić information content (AvgIpc) is 2.60. The molecule has 0 radical (unpaired) electrons. The summed E-state index contributed by atoms with van der Waals surface area (Å²) >= 11 is 6.95. The van der Waals surface area contributed by atoms with Gasteiger partial charge in [-0.15, -0.1) is 0 Å². The highest BCUT2D eigenvalue weighted by Gasteiger charge is 2.21. The summed E-state index contributed by atoms with van der Waals surface area (Å²) in [6, 6.07) is 20.9. The number of fused-ring (bicyclic) bond motifs is 2. The van der Waals surface area contributed by atoms with Gasteiger partial charge in [0.15, 0.2) is 0 Å². The summed E-state index contributed by atoms with van der Waals surface area (Å²) in [5.74, 6) is 0.147. The quantitative estimate of drug-likeness (QED) is 0.304. The number of phosphoric acid groups is 1. The normalized spacial score (nSPS) is 11.9. The van der Waals surface area contributed by atoms with Crippen LogP contribution >= 0.6 is 39.7 Å². The topological polar surface area (TPSA) is 66.8 Å². The van der Waals surface area contributed by atoms with E-state index in [4.69, 9.17) is 4.52 Å². The van der Waals surface area contributed by atoms with Gasteiger partial charge < -0.3 is 4.52 Å². The van der Waals surface area contributed by atoms with Crippen molar-refractivity contribution in [2.75, 3.05) is 0 Å². The Hall–Kier alpha value is -1.69. The Kier molecular flexibility index (Phi) is 4.87. The van der Waals surface area contributed by atoms with Crippen molar-refractivity contribution in [2.45, 2.75) is 0 Å². The van der Waals surface area contributed by atoms with Crippen molar-refractivity contribution < 1.29 is 18.9 Å². The van der Waals surface area contributed by atoms with Gasteiger partial charge >= 0.3 is 7.82 Å². The molecule has 7 heteroatoms. The van der Waals surface area contributed by atoms with E-state index in [0.29, 0.717) is 5.56 Å². The minimum atomic E-state index is -4.71. The van der Waals surface area contributed by atoms with Crippen molar-refractivity contribution in [3.8, 4) is 16.9 Å². The summed E-state index contributed by atoms with van der Waals surface area (Å²) in [7, 11) is -4.71. The molecular weight excluding hydrogens is 495 g/mol. The first-order valence-corrected chi connectivity index (χ1v) is 11.1. The zero-order valence-electron chi connectivity index (χ0n) is 13.8. The minimum absolute atomic E-state index is 0.147. The fourth-order valence-corrected chi connectivity index (χ4v) is 4.40. The van der Waals surface area contributed by atoms with E-state index in [1.165, 1.54) is 0 Å². The standard InChI is InChI=1S/C20H13Br2O4P/c21-14-5-7-16-12(10-14)2-1-3-18(16)20-17-8-6-15(22)11-13(17)4-9-19(20)26-27(23,24)25/h1-11H,(H2,23,24,25). The van der Waals surface area contributed by atoms with Crippen LogP contribution in [-0.2, 0) is 4.57 Å². The van der Waals surface area contributed by atoms with Gasteiger partial charge in [0, 0.05) is 14.5 Å². The predicted molar refractivity (Wildman–Crippen MR) is 115 cm³/mol. The zero-order chi connectivity index (χ0) is 19.2. The molecule has 0 fully saturated rings. The Balaban J connectivity index is 2.10. The van der Waals surface area contributed by atoms with Gasteiger partial charge in [0.1, 0.15) is 5.75 Å². The number of halogens is 2. The van der Waals surface area contributed by atoms with E-state index >= 15 is 0 Å². The van der Waals surface area contributed by atoms with Crippen LogP contribution in [0, 0.1) is 0 Å². The Morgan fingerprint density at radius 1 is 0.778 bits per heavy atom. The van der Waals surface area contributed by atoms with Crippen LogP contribution in [0.3, 0.4) is 0 Å². The highest BCUT2D eigenvalue weighted by Crippen LogP contribution is 2.47. The van der Waals surface area contributed by atoms with Crippen molar-refractivity contribution in [1.29, 1.82) is 0 Å². The molecule has 0 aliphatic rings. The molecule has 2 N–H and O–H groups in total. The first-order chi connectivity index (χ1) is 12.8. The Labute approximate surface area is 172 Å². The Bertz CT molecular complexity index is 1230. The van der Waals surface area contributed by atoms with E-state index in [0.717, 1.165) is 36.1 Å². The molecular formula is C20H13Br2O4P. The summed E-state index contributed by atoms with van der Waals surface area (Å²) in [5.41, 5.74) is 1.49. The fraction of sp³-hybridized carbons (Fsp3) is 0. The van der Waals surface area contributed by atoms with E-state index in [2.05, 4.69) is 31.9 Å². The van der Waals surface area contributed by atoms with Gasteiger partial charge in [-0.3, -0.25) is 9.79 Å². The molecule has 0 aliphatic heterocycles. The van der Waals surface area contributed by atoms with Crippen molar-refractivity contribution in [2.24, 2.45) is 0 Å². The van der Waals surface area contributed by atoms with E-state index in [-0.39, 0.29) is 5.75 Å². The first kappa shape index (κ1) is 18.7. The number of hydrogen-bond acceptors (Lipinski definition) is 2. The smallest absolute Gasteiger partial charge is 0.404 e. The predicted octanol–water partition coefficient (Wildman–Crippen LogP) is 6.66. The summed E-state index contributed by atoms with van der Waals surface area (Å²) < 4.78 is 18.5. The summed E-state index contributed by atoms with van der Waals surface area (Å²) in [6.07, 6.45) is 0. The fourth-order valence-electron chi connectivity index (χ4n) is 3.24. The molecule has 0 aliphatic carbocycles. The Morgan fingerprint density at radius 3 is 2.07 bits per heavy atom. The molecule has 0 amide bonds. The first-order valence-electron chi connectivity index (χ1n) is 7.98. The van der Waals surface area contributed by atoms with Crippen LogP contribution in [0.15, 0.2) is 75.7 Å². The number of phosphoric ester groups is 1. The molecule has 4 aromatic carbocycles. The molecule has 4 aromatic rings. The average molecular weight is 508 g/mol. The lowest BCUT2D eigenvalue weighted by Gasteiger charge is -2.17. The maximum atomic E-state index is 11.5. The molecule has 4 rings (SSSR count). The third-order valence-electron chi connectivity index (χ3n) is 4.27. The van der Waals surface area contributed by atoms with Gasteiger partial charge in [0.05, 0.1) is 0 Å². The molecule has 0 unspecified atom stereocenters. The summed E-state index contributed by atoms with van der Waals surface area (Å²) in [4.78, 5) is 18.8. The third-order valence-corrected chi connectivity index (χ3v) is 5.69. The second-order valence-electron chi connectivity index (χ2n) is 6.06. The van der Waals surface area contributed by atoms with Crippen molar-refractivity contribution >= 4 is 61.2 Å². The van der Waals surface area contributed by atoms with Crippen molar-refractivity contribution in [3.05, 3.63) is 75.7 Å². The lowest BCUT2D eigenvalue weighted by molar-refractivity contribution is 0.284. The van der Waals surface area contributed by atoms with Crippen molar-refractivity contribution in [1.82, 2.24) is 0 Å². The number of hydrogen-bond donors (Lipinski definition) is 2. The van der Waals surface area contributed by atoms with Gasteiger partial charge in [0.25, 0.3) is 0 Å². The van der Waals surface area contributed by atoms with E-state index < -0.39 is 7.82 Å². The summed E-state index contributed by atoms with van der Waals surface area (Å²) in [5, 5.41) is 3.76. The molecule has 0 atom stereocenters.